The van der Waals surface area contributed by atoms with E-state index in [1.54, 1.807) is 13.1 Å². The van der Waals surface area contributed by atoms with Gasteiger partial charge in [0.25, 0.3) is 0 Å². The summed E-state index contributed by atoms with van der Waals surface area (Å²) in [6.07, 6.45) is 5.41. The first-order valence-electron chi connectivity index (χ1n) is 9.16. The fourth-order valence-corrected chi connectivity index (χ4v) is 2.87. The van der Waals surface area contributed by atoms with E-state index < -0.39 is 6.10 Å². The Balaban J connectivity index is 1.41. The van der Waals surface area contributed by atoms with Gasteiger partial charge in [0.05, 0.1) is 13.1 Å². The van der Waals surface area contributed by atoms with Gasteiger partial charge in [0.1, 0.15) is 17.6 Å². The van der Waals surface area contributed by atoms with E-state index in [0.717, 1.165) is 23.4 Å². The molecule has 2 N–H and O–H groups in total. The van der Waals surface area contributed by atoms with Crippen LogP contribution in [-0.2, 0) is 6.54 Å². The van der Waals surface area contributed by atoms with Gasteiger partial charge >= 0.3 is 0 Å². The van der Waals surface area contributed by atoms with Crippen LogP contribution in [0.25, 0.3) is 11.3 Å². The molecule has 2 heterocycles. The molecule has 1 saturated carbocycles. The Morgan fingerprint density at radius 2 is 2.15 bits per heavy atom. The molecular weight excluding hydrogens is 340 g/mol. The third kappa shape index (κ3) is 4.45. The molecule has 3 aromatic rings. The maximum Gasteiger partial charge on any atom is 0.167 e. The minimum absolute atomic E-state index is 0.501. The monoisotopic (exact) mass is 362 g/mol. The first-order valence-corrected chi connectivity index (χ1v) is 9.16. The van der Waals surface area contributed by atoms with Gasteiger partial charge in [0, 0.05) is 35.6 Å². The molecule has 1 aromatic carbocycles. The highest BCUT2D eigenvalue weighted by atomic mass is 16.5. The number of aromatic nitrogens is 3. The van der Waals surface area contributed by atoms with Gasteiger partial charge in [-0.25, -0.2) is 4.98 Å². The van der Waals surface area contributed by atoms with Crippen LogP contribution in [-0.4, -0.2) is 32.4 Å². The lowest BCUT2D eigenvalue weighted by Gasteiger charge is -2.07. The summed E-state index contributed by atoms with van der Waals surface area (Å²) < 4.78 is 7.34. The van der Waals surface area contributed by atoms with E-state index in [0.29, 0.717) is 24.2 Å². The summed E-state index contributed by atoms with van der Waals surface area (Å²) in [5.74, 6) is 7.63. The van der Waals surface area contributed by atoms with E-state index in [1.807, 2.05) is 41.1 Å². The molecule has 1 aliphatic rings. The molecule has 0 spiro atoms. The van der Waals surface area contributed by atoms with Crippen molar-refractivity contribution in [2.24, 2.45) is 0 Å². The topological polar surface area (TPSA) is 76.1 Å². The second-order valence-electron chi connectivity index (χ2n) is 6.81. The van der Waals surface area contributed by atoms with Crippen molar-refractivity contribution in [2.75, 3.05) is 6.54 Å². The molecule has 0 amide bonds. The van der Waals surface area contributed by atoms with E-state index in [2.05, 4.69) is 27.3 Å². The lowest BCUT2D eigenvalue weighted by molar-refractivity contribution is 0.184. The molecule has 0 aliphatic heterocycles. The summed E-state index contributed by atoms with van der Waals surface area (Å²) in [6.45, 7) is 2.93. The minimum Gasteiger partial charge on any atom is -0.385 e. The number of aliphatic hydroxyl groups is 1. The molecule has 4 rings (SSSR count). The summed E-state index contributed by atoms with van der Waals surface area (Å²) in [4.78, 5) is 4.17. The number of imidazole rings is 1. The Labute approximate surface area is 158 Å². The first-order chi connectivity index (χ1) is 13.2. The van der Waals surface area contributed by atoms with Crippen molar-refractivity contribution in [2.45, 2.75) is 38.5 Å². The molecule has 27 heavy (non-hydrogen) atoms. The number of hydrogen-bond acceptors (Lipinski definition) is 5. The van der Waals surface area contributed by atoms with Gasteiger partial charge in [-0.3, -0.25) is 0 Å². The molecule has 0 bridgehead atoms. The van der Waals surface area contributed by atoms with Crippen molar-refractivity contribution in [3.63, 3.8) is 0 Å². The Morgan fingerprint density at radius 3 is 2.89 bits per heavy atom. The second-order valence-corrected chi connectivity index (χ2v) is 6.81. The van der Waals surface area contributed by atoms with Gasteiger partial charge in [-0.1, -0.05) is 17.0 Å². The van der Waals surface area contributed by atoms with E-state index in [4.69, 9.17) is 4.52 Å². The van der Waals surface area contributed by atoms with Crippen LogP contribution < -0.4 is 5.32 Å². The van der Waals surface area contributed by atoms with Crippen LogP contribution in [0.4, 0.5) is 0 Å². The molecule has 1 unspecified atom stereocenters. The quantitative estimate of drug-likeness (QED) is 0.660. The van der Waals surface area contributed by atoms with Gasteiger partial charge in [-0.15, -0.1) is 0 Å². The Morgan fingerprint density at radius 1 is 1.33 bits per heavy atom. The summed E-state index contributed by atoms with van der Waals surface area (Å²) in [7, 11) is 0. The molecule has 0 saturated heterocycles. The lowest BCUT2D eigenvalue weighted by atomic mass is 10.1. The van der Waals surface area contributed by atoms with Crippen LogP contribution in [0.15, 0.2) is 47.2 Å². The second kappa shape index (κ2) is 7.78. The normalized spacial score (nSPS) is 14.6. The van der Waals surface area contributed by atoms with Crippen LogP contribution in [0.2, 0.25) is 0 Å². The van der Waals surface area contributed by atoms with Gasteiger partial charge in [-0.2, -0.15) is 0 Å². The lowest BCUT2D eigenvalue weighted by Crippen LogP contribution is -2.15. The number of aliphatic hydroxyl groups excluding tert-OH is 1. The fourth-order valence-electron chi connectivity index (χ4n) is 2.87. The minimum atomic E-state index is -0.625. The Bertz CT molecular complexity index is 956. The zero-order chi connectivity index (χ0) is 18.6. The smallest absolute Gasteiger partial charge is 0.167 e. The fraction of sp³-hybridized carbons (Fsp3) is 0.333. The molecule has 138 valence electrons. The summed E-state index contributed by atoms with van der Waals surface area (Å²) in [6, 6.07) is 10.5. The zero-order valence-electron chi connectivity index (χ0n) is 15.2. The molecule has 1 fully saturated rings. The highest BCUT2D eigenvalue weighted by molar-refractivity contribution is 5.59. The largest absolute Gasteiger partial charge is 0.385 e. The highest BCUT2D eigenvalue weighted by Crippen LogP contribution is 2.22. The van der Waals surface area contributed by atoms with Crippen molar-refractivity contribution >= 4 is 0 Å². The van der Waals surface area contributed by atoms with E-state index >= 15 is 0 Å². The van der Waals surface area contributed by atoms with E-state index in [9.17, 15) is 5.11 Å². The van der Waals surface area contributed by atoms with Crippen LogP contribution in [0.3, 0.4) is 0 Å². The summed E-state index contributed by atoms with van der Waals surface area (Å²) >= 11 is 0. The number of benzene rings is 1. The van der Waals surface area contributed by atoms with E-state index in [1.165, 1.54) is 12.8 Å². The molecule has 2 aromatic heterocycles. The highest BCUT2D eigenvalue weighted by Gasteiger charge is 2.19. The molecule has 0 radical (unpaired) electrons. The predicted octanol–water partition coefficient (Wildman–Crippen LogP) is 2.74. The average Bonchev–Trinajstić information content (AvgIpc) is 3.17. The third-order valence-electron chi connectivity index (χ3n) is 4.47. The molecule has 1 atom stereocenters. The number of nitrogens with zero attached hydrogens (tertiary/aromatic N) is 3. The molecule has 6 heteroatoms. The van der Waals surface area contributed by atoms with E-state index in [-0.39, 0.29) is 0 Å². The van der Waals surface area contributed by atoms with Crippen LogP contribution in [0.5, 0.6) is 0 Å². The van der Waals surface area contributed by atoms with Gasteiger partial charge in [0.15, 0.2) is 5.76 Å². The molecular formula is C21H22N4O2. The number of hydrogen-bond donors (Lipinski definition) is 2. The summed E-state index contributed by atoms with van der Waals surface area (Å²) in [5, 5.41) is 17.3. The maximum absolute atomic E-state index is 9.75. The predicted molar refractivity (Wildman–Crippen MR) is 102 cm³/mol. The number of nitrogens with one attached hydrogen (secondary N) is 1. The Kier molecular flexibility index (Phi) is 5.05. The van der Waals surface area contributed by atoms with Gasteiger partial charge < -0.3 is 19.5 Å². The maximum atomic E-state index is 9.75. The number of rotatable bonds is 6. The third-order valence-corrected chi connectivity index (χ3v) is 4.47. The van der Waals surface area contributed by atoms with Crippen molar-refractivity contribution in [3.05, 3.63) is 59.8 Å². The SMILES string of the molecule is CC(O)c1nccn1Cc1cc(-c2ccc(C#CCNC3CC3)cc2)on1. The Hall–Kier alpha value is -2.88. The molecule has 6 nitrogen and oxygen atoms in total. The first kappa shape index (κ1) is 17.5. The average molecular weight is 362 g/mol. The molecule has 1 aliphatic carbocycles. The van der Waals surface area contributed by atoms with Crippen molar-refractivity contribution in [3.8, 4) is 23.2 Å². The van der Waals surface area contributed by atoms with Crippen LogP contribution in [0.1, 0.15) is 43.0 Å². The van der Waals surface area contributed by atoms with Crippen molar-refractivity contribution in [1.82, 2.24) is 20.0 Å². The van der Waals surface area contributed by atoms with Gasteiger partial charge in [-0.05, 0) is 44.0 Å². The van der Waals surface area contributed by atoms with Crippen molar-refractivity contribution < 1.29 is 9.63 Å². The standard InChI is InChI=1S/C21H22N4O2/c1-15(26)21-23-11-12-25(21)14-19-13-20(27-24-19)17-6-4-16(5-7-17)3-2-10-22-18-8-9-18/h4-7,11-13,15,18,22,26H,8-10,14H2,1H3. The summed E-state index contributed by atoms with van der Waals surface area (Å²) in [5.41, 5.74) is 2.72. The zero-order valence-corrected chi connectivity index (χ0v) is 15.2. The van der Waals surface area contributed by atoms with Crippen LogP contribution in [0, 0.1) is 11.8 Å². The van der Waals surface area contributed by atoms with Crippen LogP contribution >= 0.6 is 0 Å². The van der Waals surface area contributed by atoms with Gasteiger partial charge in [0.2, 0.25) is 0 Å². The van der Waals surface area contributed by atoms with Crippen molar-refractivity contribution in [1.29, 1.82) is 0 Å².